The molecule has 0 aliphatic rings. The van der Waals surface area contributed by atoms with Gasteiger partial charge in [-0.1, -0.05) is 18.2 Å². The third-order valence-electron chi connectivity index (χ3n) is 1.75. The van der Waals surface area contributed by atoms with E-state index in [-0.39, 0.29) is 18.2 Å². The molecule has 0 radical (unpaired) electrons. The van der Waals surface area contributed by atoms with Crippen LogP contribution in [-0.4, -0.2) is 23.5 Å². The average molecular weight is 266 g/mol. The second-order valence-corrected chi connectivity index (χ2v) is 4.13. The molecule has 1 amide bonds. The second-order valence-electron chi connectivity index (χ2n) is 3.27. The van der Waals surface area contributed by atoms with Gasteiger partial charge in [0.25, 0.3) is 0 Å². The number of carbonyl (C=O) groups excluding carboxylic acids is 2. The van der Waals surface area contributed by atoms with Gasteiger partial charge in [-0.15, -0.1) is 11.3 Å². The van der Waals surface area contributed by atoms with Gasteiger partial charge in [0.2, 0.25) is 5.91 Å². The van der Waals surface area contributed by atoms with Crippen LogP contribution in [0.3, 0.4) is 0 Å². The van der Waals surface area contributed by atoms with Crippen LogP contribution in [0.15, 0.2) is 29.7 Å². The molecular weight excluding hydrogens is 252 g/mol. The maximum atomic E-state index is 11.5. The first-order valence-corrected chi connectivity index (χ1v) is 6.19. The van der Waals surface area contributed by atoms with E-state index in [1.807, 2.05) is 19.1 Å². The van der Waals surface area contributed by atoms with E-state index in [1.165, 1.54) is 18.3 Å². The van der Waals surface area contributed by atoms with Gasteiger partial charge in [-0.3, -0.25) is 4.79 Å². The summed E-state index contributed by atoms with van der Waals surface area (Å²) in [4.78, 5) is 26.3. The molecule has 96 valence electrons. The van der Waals surface area contributed by atoms with E-state index in [1.54, 1.807) is 17.5 Å². The lowest BCUT2D eigenvalue weighted by Gasteiger charge is -1.97. The molecule has 1 N–H and O–H groups in total. The fraction of sp³-hybridized carbons (Fsp3) is 0.250. The monoisotopic (exact) mass is 266 g/mol. The topological polar surface area (TPSA) is 68.3 Å². The minimum atomic E-state index is -0.506. The number of carbonyl (C=O) groups is 2. The van der Waals surface area contributed by atoms with E-state index in [0.717, 1.165) is 0 Å². The first-order valence-electron chi connectivity index (χ1n) is 5.31. The first kappa shape index (κ1) is 14.1. The highest BCUT2D eigenvalue weighted by Crippen LogP contribution is 2.15. The number of nitrogens with zero attached hydrogens (tertiary/aromatic N) is 1. The zero-order chi connectivity index (χ0) is 13.4. The van der Waals surface area contributed by atoms with Crippen LogP contribution in [0.4, 0.5) is 5.13 Å². The van der Waals surface area contributed by atoms with E-state index >= 15 is 0 Å². The molecule has 0 saturated heterocycles. The minimum absolute atomic E-state index is 0.191. The van der Waals surface area contributed by atoms with Crippen LogP contribution in [0.25, 0.3) is 0 Å². The molecule has 0 aromatic carbocycles. The standard InChI is InChI=1S/C12H14N2O3S/c1-3-4-5-6-7-17-11(16)10-8-18-12(14-10)13-9(2)15/h3-6,8H,7H2,1-2H3,(H,13,14,15)/b4-3+,6-5+. The Balaban J connectivity index is 2.46. The van der Waals surface area contributed by atoms with Crippen LogP contribution >= 0.6 is 11.3 Å². The molecular formula is C12H14N2O3S. The summed E-state index contributed by atoms with van der Waals surface area (Å²) in [5.74, 6) is -0.730. The molecule has 1 heterocycles. The molecule has 0 aliphatic carbocycles. The summed E-state index contributed by atoms with van der Waals surface area (Å²) in [7, 11) is 0. The van der Waals surface area contributed by atoms with Crippen molar-refractivity contribution in [2.45, 2.75) is 13.8 Å². The molecule has 0 unspecified atom stereocenters. The van der Waals surface area contributed by atoms with Crippen molar-refractivity contribution >= 4 is 28.3 Å². The molecule has 0 fully saturated rings. The number of hydrogen-bond acceptors (Lipinski definition) is 5. The Morgan fingerprint density at radius 1 is 1.50 bits per heavy atom. The normalized spacial score (nSPS) is 11.0. The Bertz CT molecular complexity index is 477. The highest BCUT2D eigenvalue weighted by atomic mass is 32.1. The van der Waals surface area contributed by atoms with Crippen molar-refractivity contribution in [2.75, 3.05) is 11.9 Å². The van der Waals surface area contributed by atoms with Gasteiger partial charge >= 0.3 is 5.97 Å². The SMILES string of the molecule is C/C=C/C=C/COC(=O)c1csc(NC(C)=O)n1. The van der Waals surface area contributed by atoms with Gasteiger partial charge in [-0.05, 0) is 13.0 Å². The molecule has 0 bridgehead atoms. The number of hydrogen-bond donors (Lipinski definition) is 1. The number of amides is 1. The summed E-state index contributed by atoms with van der Waals surface area (Å²) in [5.41, 5.74) is 0.197. The van der Waals surface area contributed by atoms with E-state index in [0.29, 0.717) is 5.13 Å². The van der Waals surface area contributed by atoms with Gasteiger partial charge in [-0.25, -0.2) is 9.78 Å². The lowest BCUT2D eigenvalue weighted by Crippen LogP contribution is -2.08. The van der Waals surface area contributed by atoms with Crippen LogP contribution in [0.5, 0.6) is 0 Å². The quantitative estimate of drug-likeness (QED) is 0.656. The van der Waals surface area contributed by atoms with Crippen LogP contribution in [0, 0.1) is 0 Å². The van der Waals surface area contributed by atoms with Crippen molar-refractivity contribution in [3.8, 4) is 0 Å². The van der Waals surface area contributed by atoms with Crippen LogP contribution < -0.4 is 5.32 Å². The van der Waals surface area contributed by atoms with Gasteiger partial charge in [0, 0.05) is 12.3 Å². The van der Waals surface area contributed by atoms with E-state index < -0.39 is 5.97 Å². The number of esters is 1. The van der Waals surface area contributed by atoms with Gasteiger partial charge in [0.05, 0.1) is 0 Å². The molecule has 0 spiro atoms. The number of nitrogens with one attached hydrogen (secondary N) is 1. The Morgan fingerprint density at radius 2 is 2.28 bits per heavy atom. The second kappa shape index (κ2) is 7.39. The van der Waals surface area contributed by atoms with Gasteiger partial charge in [0.15, 0.2) is 10.8 Å². The summed E-state index contributed by atoms with van der Waals surface area (Å²) in [6.45, 7) is 3.47. The van der Waals surface area contributed by atoms with Crippen molar-refractivity contribution in [2.24, 2.45) is 0 Å². The Morgan fingerprint density at radius 3 is 2.94 bits per heavy atom. The van der Waals surface area contributed by atoms with Crippen molar-refractivity contribution in [3.05, 3.63) is 35.4 Å². The molecule has 18 heavy (non-hydrogen) atoms. The zero-order valence-corrected chi connectivity index (χ0v) is 11.0. The fourth-order valence-electron chi connectivity index (χ4n) is 1.02. The average Bonchev–Trinajstić information content (AvgIpc) is 2.76. The molecule has 5 nitrogen and oxygen atoms in total. The summed E-state index contributed by atoms with van der Waals surface area (Å²) < 4.78 is 4.96. The summed E-state index contributed by atoms with van der Waals surface area (Å²) in [5, 5.41) is 4.43. The van der Waals surface area contributed by atoms with E-state index in [9.17, 15) is 9.59 Å². The molecule has 0 aliphatic heterocycles. The predicted octanol–water partition coefficient (Wildman–Crippen LogP) is 2.39. The number of aromatic nitrogens is 1. The van der Waals surface area contributed by atoms with Crippen LogP contribution in [0.2, 0.25) is 0 Å². The predicted molar refractivity (Wildman–Crippen MR) is 70.7 cm³/mol. The number of thiazole rings is 1. The third kappa shape index (κ3) is 4.92. The first-order chi connectivity index (χ1) is 8.63. The number of ether oxygens (including phenoxy) is 1. The molecule has 0 saturated carbocycles. The third-order valence-corrected chi connectivity index (χ3v) is 2.50. The molecule has 6 heteroatoms. The Kier molecular flexibility index (Phi) is 5.79. The lowest BCUT2D eigenvalue weighted by atomic mass is 10.4. The fourth-order valence-corrected chi connectivity index (χ4v) is 1.74. The molecule has 1 aromatic heterocycles. The lowest BCUT2D eigenvalue weighted by molar-refractivity contribution is -0.114. The molecule has 1 aromatic rings. The van der Waals surface area contributed by atoms with Gasteiger partial charge in [0.1, 0.15) is 6.61 Å². The largest absolute Gasteiger partial charge is 0.457 e. The smallest absolute Gasteiger partial charge is 0.358 e. The van der Waals surface area contributed by atoms with E-state index in [2.05, 4.69) is 10.3 Å². The maximum Gasteiger partial charge on any atom is 0.358 e. The summed E-state index contributed by atoms with van der Waals surface area (Å²) >= 11 is 1.18. The van der Waals surface area contributed by atoms with Crippen LogP contribution in [0.1, 0.15) is 24.3 Å². The molecule has 1 rings (SSSR count). The minimum Gasteiger partial charge on any atom is -0.457 e. The Labute approximate surface area is 109 Å². The summed E-state index contributed by atoms with van der Waals surface area (Å²) in [6.07, 6.45) is 7.22. The number of rotatable bonds is 5. The number of anilines is 1. The highest BCUT2D eigenvalue weighted by molar-refractivity contribution is 7.14. The van der Waals surface area contributed by atoms with E-state index in [4.69, 9.17) is 4.74 Å². The van der Waals surface area contributed by atoms with Crippen molar-refractivity contribution in [1.82, 2.24) is 4.98 Å². The summed E-state index contributed by atoms with van der Waals surface area (Å²) in [6, 6.07) is 0. The maximum absolute atomic E-state index is 11.5. The van der Waals surface area contributed by atoms with Crippen molar-refractivity contribution < 1.29 is 14.3 Å². The number of allylic oxidation sites excluding steroid dienone is 3. The highest BCUT2D eigenvalue weighted by Gasteiger charge is 2.11. The van der Waals surface area contributed by atoms with Crippen LogP contribution in [-0.2, 0) is 9.53 Å². The molecule has 0 atom stereocenters. The Hall–Kier alpha value is -1.95. The van der Waals surface area contributed by atoms with Crippen molar-refractivity contribution in [3.63, 3.8) is 0 Å². The van der Waals surface area contributed by atoms with Gasteiger partial charge in [-0.2, -0.15) is 0 Å². The van der Waals surface area contributed by atoms with Gasteiger partial charge < -0.3 is 10.1 Å². The zero-order valence-electron chi connectivity index (χ0n) is 10.2. The van der Waals surface area contributed by atoms with Crippen molar-refractivity contribution in [1.29, 1.82) is 0 Å².